The molecule has 0 aromatic rings. The summed E-state index contributed by atoms with van der Waals surface area (Å²) < 4.78 is 27.0. The van der Waals surface area contributed by atoms with Crippen LogP contribution in [0.15, 0.2) is 0 Å². The van der Waals surface area contributed by atoms with Crippen molar-refractivity contribution in [2.75, 3.05) is 72.7 Å². The highest BCUT2D eigenvalue weighted by molar-refractivity contribution is 4.56. The van der Waals surface area contributed by atoms with E-state index in [-0.39, 0.29) is 6.61 Å². The SMILES string of the molecule is CCCCCC(CC)COCCOCCOCCOCCOCCO. The molecule has 0 spiro atoms. The van der Waals surface area contributed by atoms with E-state index in [1.807, 2.05) is 0 Å². The third kappa shape index (κ3) is 19.9. The monoisotopic (exact) mass is 364 g/mol. The fourth-order valence-electron chi connectivity index (χ4n) is 2.28. The summed E-state index contributed by atoms with van der Waals surface area (Å²) in [5.41, 5.74) is 0. The smallest absolute Gasteiger partial charge is 0.0701 e. The van der Waals surface area contributed by atoms with Crippen LogP contribution < -0.4 is 0 Å². The lowest BCUT2D eigenvalue weighted by molar-refractivity contribution is -0.0158. The van der Waals surface area contributed by atoms with Crippen LogP contribution in [0.25, 0.3) is 0 Å². The minimum absolute atomic E-state index is 0.0479. The summed E-state index contributed by atoms with van der Waals surface area (Å²) in [5, 5.41) is 8.53. The maximum Gasteiger partial charge on any atom is 0.0701 e. The molecule has 0 fully saturated rings. The number of hydrogen-bond donors (Lipinski definition) is 1. The molecular formula is C19H40O6. The number of aliphatic hydroxyl groups excluding tert-OH is 1. The summed E-state index contributed by atoms with van der Waals surface area (Å²) in [6.45, 7) is 10.3. The Balaban J connectivity index is 3.15. The Morgan fingerprint density at radius 1 is 0.640 bits per heavy atom. The highest BCUT2D eigenvalue weighted by Gasteiger charge is 2.05. The Hall–Kier alpha value is -0.240. The molecule has 152 valence electrons. The van der Waals surface area contributed by atoms with E-state index >= 15 is 0 Å². The average Bonchev–Trinajstić information content (AvgIpc) is 2.63. The van der Waals surface area contributed by atoms with Crippen LogP contribution in [0.2, 0.25) is 0 Å². The van der Waals surface area contributed by atoms with Crippen LogP contribution in [0, 0.1) is 5.92 Å². The summed E-state index contributed by atoms with van der Waals surface area (Å²) in [6.07, 6.45) is 6.37. The van der Waals surface area contributed by atoms with Gasteiger partial charge in [-0.3, -0.25) is 0 Å². The van der Waals surface area contributed by atoms with Crippen LogP contribution >= 0.6 is 0 Å². The summed E-state index contributed by atoms with van der Waals surface area (Å²) in [4.78, 5) is 0. The molecule has 1 atom stereocenters. The molecule has 0 amide bonds. The first-order valence-electron chi connectivity index (χ1n) is 9.84. The summed E-state index contributed by atoms with van der Waals surface area (Å²) in [6, 6.07) is 0. The summed E-state index contributed by atoms with van der Waals surface area (Å²) in [7, 11) is 0. The second kappa shape index (κ2) is 21.8. The van der Waals surface area contributed by atoms with Crippen molar-refractivity contribution in [2.45, 2.75) is 46.0 Å². The van der Waals surface area contributed by atoms with Gasteiger partial charge in [0.25, 0.3) is 0 Å². The van der Waals surface area contributed by atoms with Gasteiger partial charge in [-0.25, -0.2) is 0 Å². The van der Waals surface area contributed by atoms with Crippen LogP contribution in [0.5, 0.6) is 0 Å². The van der Waals surface area contributed by atoms with Gasteiger partial charge in [-0.2, -0.15) is 0 Å². The lowest BCUT2D eigenvalue weighted by Crippen LogP contribution is -2.15. The third-order valence-electron chi connectivity index (χ3n) is 3.87. The maximum absolute atomic E-state index is 8.53. The topological polar surface area (TPSA) is 66.4 Å². The van der Waals surface area contributed by atoms with Crippen molar-refractivity contribution in [1.82, 2.24) is 0 Å². The molecule has 0 aliphatic carbocycles. The third-order valence-corrected chi connectivity index (χ3v) is 3.87. The van der Waals surface area contributed by atoms with Crippen LogP contribution in [-0.2, 0) is 23.7 Å². The molecule has 0 saturated heterocycles. The van der Waals surface area contributed by atoms with Gasteiger partial charge < -0.3 is 28.8 Å². The molecule has 6 heteroatoms. The van der Waals surface area contributed by atoms with Gasteiger partial charge in [-0.1, -0.05) is 39.5 Å². The van der Waals surface area contributed by atoms with Crippen molar-refractivity contribution in [3.8, 4) is 0 Å². The molecule has 0 radical (unpaired) electrons. The van der Waals surface area contributed by atoms with Crippen molar-refractivity contribution in [1.29, 1.82) is 0 Å². The van der Waals surface area contributed by atoms with E-state index in [4.69, 9.17) is 28.8 Å². The molecule has 0 bridgehead atoms. The Kier molecular flexibility index (Phi) is 21.6. The van der Waals surface area contributed by atoms with E-state index in [1.54, 1.807) is 0 Å². The van der Waals surface area contributed by atoms with Crippen molar-refractivity contribution < 1.29 is 28.8 Å². The molecule has 0 rings (SSSR count). The van der Waals surface area contributed by atoms with Crippen LogP contribution in [0.1, 0.15) is 46.0 Å². The molecule has 6 nitrogen and oxygen atoms in total. The minimum Gasteiger partial charge on any atom is -0.394 e. The van der Waals surface area contributed by atoms with Gasteiger partial charge in [-0.15, -0.1) is 0 Å². The number of aliphatic hydroxyl groups is 1. The largest absolute Gasteiger partial charge is 0.394 e. The molecule has 0 aromatic carbocycles. The lowest BCUT2D eigenvalue weighted by Gasteiger charge is -2.15. The first kappa shape index (κ1) is 24.8. The Labute approximate surface area is 154 Å². The number of rotatable bonds is 21. The molecule has 0 saturated carbocycles. The zero-order valence-corrected chi connectivity index (χ0v) is 16.4. The molecule has 0 heterocycles. The minimum atomic E-state index is 0.0479. The van der Waals surface area contributed by atoms with Crippen molar-refractivity contribution >= 4 is 0 Å². The van der Waals surface area contributed by atoms with Crippen LogP contribution in [-0.4, -0.2) is 77.8 Å². The van der Waals surface area contributed by atoms with E-state index in [1.165, 1.54) is 32.1 Å². The normalized spacial score (nSPS) is 12.6. The summed E-state index contributed by atoms with van der Waals surface area (Å²) >= 11 is 0. The van der Waals surface area contributed by atoms with Crippen molar-refractivity contribution in [3.63, 3.8) is 0 Å². The average molecular weight is 365 g/mol. The van der Waals surface area contributed by atoms with Gasteiger partial charge in [0, 0.05) is 6.61 Å². The Morgan fingerprint density at radius 3 is 1.56 bits per heavy atom. The predicted molar refractivity (Wildman–Crippen MR) is 99.1 cm³/mol. The van der Waals surface area contributed by atoms with E-state index in [0.717, 1.165) is 6.61 Å². The number of unbranched alkanes of at least 4 members (excludes halogenated alkanes) is 2. The lowest BCUT2D eigenvalue weighted by atomic mass is 10.00. The number of hydrogen-bond acceptors (Lipinski definition) is 6. The highest BCUT2D eigenvalue weighted by atomic mass is 16.6. The fourth-order valence-corrected chi connectivity index (χ4v) is 2.28. The first-order chi connectivity index (χ1) is 12.3. The second-order valence-corrected chi connectivity index (χ2v) is 6.02. The highest BCUT2D eigenvalue weighted by Crippen LogP contribution is 2.13. The molecule has 0 aliphatic rings. The van der Waals surface area contributed by atoms with Gasteiger partial charge >= 0.3 is 0 Å². The van der Waals surface area contributed by atoms with Crippen molar-refractivity contribution in [3.05, 3.63) is 0 Å². The van der Waals surface area contributed by atoms with Gasteiger partial charge in [-0.05, 0) is 12.3 Å². The quantitative estimate of drug-likeness (QED) is 0.316. The number of ether oxygens (including phenoxy) is 5. The molecule has 0 aromatic heterocycles. The second-order valence-electron chi connectivity index (χ2n) is 6.02. The van der Waals surface area contributed by atoms with Crippen molar-refractivity contribution in [2.24, 2.45) is 5.92 Å². The molecular weight excluding hydrogens is 324 g/mol. The molecule has 25 heavy (non-hydrogen) atoms. The first-order valence-corrected chi connectivity index (χ1v) is 9.84. The van der Waals surface area contributed by atoms with E-state index < -0.39 is 0 Å². The van der Waals surface area contributed by atoms with E-state index in [2.05, 4.69) is 13.8 Å². The van der Waals surface area contributed by atoms with E-state index in [9.17, 15) is 0 Å². The van der Waals surface area contributed by atoms with Gasteiger partial charge in [0.2, 0.25) is 0 Å². The van der Waals surface area contributed by atoms with Gasteiger partial charge in [0.05, 0.1) is 66.1 Å². The fraction of sp³-hybridized carbons (Fsp3) is 1.00. The van der Waals surface area contributed by atoms with Crippen LogP contribution in [0.4, 0.5) is 0 Å². The van der Waals surface area contributed by atoms with Gasteiger partial charge in [0.1, 0.15) is 0 Å². The van der Waals surface area contributed by atoms with E-state index in [0.29, 0.717) is 65.4 Å². The zero-order valence-electron chi connectivity index (χ0n) is 16.4. The molecule has 0 aliphatic heterocycles. The predicted octanol–water partition coefficient (Wildman–Crippen LogP) is 2.67. The maximum atomic E-state index is 8.53. The Bertz CT molecular complexity index is 240. The molecule has 1 N–H and O–H groups in total. The zero-order chi connectivity index (χ0) is 18.4. The Morgan fingerprint density at radius 2 is 1.12 bits per heavy atom. The van der Waals surface area contributed by atoms with Crippen LogP contribution in [0.3, 0.4) is 0 Å². The summed E-state index contributed by atoms with van der Waals surface area (Å²) in [5.74, 6) is 0.684. The standard InChI is InChI=1S/C19H40O6/c1-3-5-6-7-19(4-2)18-25-17-16-24-15-14-23-13-12-22-11-10-21-9-8-20/h19-20H,3-18H2,1-2H3. The van der Waals surface area contributed by atoms with Gasteiger partial charge in [0.15, 0.2) is 0 Å². The molecule has 1 unspecified atom stereocenters.